The smallest absolute Gasteiger partial charge is 0.339 e. The Hall–Kier alpha value is -1.82. The van der Waals surface area contributed by atoms with Gasteiger partial charge in [0.2, 0.25) is 5.91 Å². The third-order valence-corrected chi connectivity index (χ3v) is 3.60. The minimum atomic E-state index is -1.09. The summed E-state index contributed by atoms with van der Waals surface area (Å²) in [5.74, 6) is -1.19. The van der Waals surface area contributed by atoms with Crippen molar-refractivity contribution in [3.63, 3.8) is 0 Å². The van der Waals surface area contributed by atoms with Crippen molar-refractivity contribution in [1.29, 1.82) is 0 Å². The molecule has 19 heavy (non-hydrogen) atoms. The zero-order valence-electron chi connectivity index (χ0n) is 10.8. The van der Waals surface area contributed by atoms with E-state index in [0.717, 1.165) is 19.3 Å². The number of carbonyl (C=O) groups excluding carboxylic acids is 1. The molecule has 2 N–H and O–H groups in total. The van der Waals surface area contributed by atoms with Gasteiger partial charge in [-0.15, -0.1) is 0 Å². The molecule has 0 bridgehead atoms. The molecule has 2 rings (SSSR count). The summed E-state index contributed by atoms with van der Waals surface area (Å²) in [5, 5.41) is 11.7. The molecule has 0 aliphatic heterocycles. The fraction of sp³-hybridized carbons (Fsp3) is 0.538. The van der Waals surface area contributed by atoms with Crippen LogP contribution in [0.1, 0.15) is 35.4 Å². The molecule has 6 nitrogen and oxygen atoms in total. The van der Waals surface area contributed by atoms with Gasteiger partial charge in [-0.2, -0.15) is 0 Å². The lowest BCUT2D eigenvalue weighted by atomic mass is 9.80. The predicted molar refractivity (Wildman–Crippen MR) is 66.0 cm³/mol. The van der Waals surface area contributed by atoms with Crippen molar-refractivity contribution in [2.75, 3.05) is 13.7 Å². The summed E-state index contributed by atoms with van der Waals surface area (Å²) in [7, 11) is 1.64. The van der Waals surface area contributed by atoms with Crippen molar-refractivity contribution in [3.05, 3.63) is 23.7 Å². The summed E-state index contributed by atoms with van der Waals surface area (Å²) >= 11 is 0. The van der Waals surface area contributed by atoms with Crippen LogP contribution >= 0.6 is 0 Å². The second kappa shape index (κ2) is 5.44. The number of rotatable bonds is 6. The Balaban J connectivity index is 1.87. The monoisotopic (exact) mass is 267 g/mol. The largest absolute Gasteiger partial charge is 0.478 e. The number of methoxy groups -OCH3 is 1. The lowest BCUT2D eigenvalue weighted by molar-refractivity contribution is -0.124. The first-order valence-electron chi connectivity index (χ1n) is 6.18. The molecule has 0 unspecified atom stereocenters. The summed E-state index contributed by atoms with van der Waals surface area (Å²) in [4.78, 5) is 22.6. The Morgan fingerprint density at radius 2 is 2.26 bits per heavy atom. The van der Waals surface area contributed by atoms with Crippen LogP contribution in [0.3, 0.4) is 0 Å². The molecule has 1 aliphatic rings. The molecule has 0 radical (unpaired) electrons. The SMILES string of the molecule is COC1(CNC(=O)Cc2occc2C(=O)O)CCC1. The maximum Gasteiger partial charge on any atom is 0.339 e. The first-order valence-corrected chi connectivity index (χ1v) is 6.18. The second-order valence-corrected chi connectivity index (χ2v) is 4.76. The van der Waals surface area contributed by atoms with Gasteiger partial charge >= 0.3 is 5.97 Å². The van der Waals surface area contributed by atoms with Gasteiger partial charge < -0.3 is 19.6 Å². The highest BCUT2D eigenvalue weighted by molar-refractivity contribution is 5.90. The lowest BCUT2D eigenvalue weighted by Crippen LogP contribution is -2.49. The summed E-state index contributed by atoms with van der Waals surface area (Å²) < 4.78 is 10.4. The molecule has 1 fully saturated rings. The van der Waals surface area contributed by atoms with Crippen molar-refractivity contribution in [2.45, 2.75) is 31.3 Å². The molecule has 0 spiro atoms. The molecule has 0 saturated heterocycles. The molecule has 6 heteroatoms. The van der Waals surface area contributed by atoms with E-state index in [1.165, 1.54) is 12.3 Å². The van der Waals surface area contributed by atoms with Crippen LogP contribution in [0.4, 0.5) is 0 Å². The number of aromatic carboxylic acids is 1. The van der Waals surface area contributed by atoms with Gasteiger partial charge in [0.1, 0.15) is 11.3 Å². The fourth-order valence-corrected chi connectivity index (χ4v) is 2.16. The standard InChI is InChI=1S/C13H17NO5/c1-18-13(4-2-5-13)8-14-11(15)7-10-9(12(16)17)3-6-19-10/h3,6H,2,4-5,7-8H2,1H3,(H,14,15)(H,16,17). The van der Waals surface area contributed by atoms with Gasteiger partial charge in [0.15, 0.2) is 0 Å². The van der Waals surface area contributed by atoms with Gasteiger partial charge in [-0.25, -0.2) is 4.79 Å². The topological polar surface area (TPSA) is 88.8 Å². The van der Waals surface area contributed by atoms with E-state index < -0.39 is 5.97 Å². The van der Waals surface area contributed by atoms with E-state index in [4.69, 9.17) is 14.3 Å². The third-order valence-electron chi connectivity index (χ3n) is 3.60. The van der Waals surface area contributed by atoms with Crippen LogP contribution in [0.15, 0.2) is 16.7 Å². The van der Waals surface area contributed by atoms with Gasteiger partial charge in [0.25, 0.3) is 0 Å². The number of carboxylic acid groups (broad SMARTS) is 1. The van der Waals surface area contributed by atoms with Gasteiger partial charge in [0.05, 0.1) is 18.3 Å². The first-order chi connectivity index (χ1) is 9.06. The minimum Gasteiger partial charge on any atom is -0.478 e. The van der Waals surface area contributed by atoms with Gasteiger partial charge in [0, 0.05) is 13.7 Å². The van der Waals surface area contributed by atoms with Crippen LogP contribution in [0.5, 0.6) is 0 Å². The average Bonchev–Trinajstić information content (AvgIpc) is 2.76. The number of hydrogen-bond acceptors (Lipinski definition) is 4. The Morgan fingerprint density at radius 1 is 1.53 bits per heavy atom. The summed E-state index contributed by atoms with van der Waals surface area (Å²) in [5.41, 5.74) is -0.214. The number of nitrogens with one attached hydrogen (secondary N) is 1. The number of amides is 1. The summed E-state index contributed by atoms with van der Waals surface area (Å²) in [6.45, 7) is 0.450. The molecule has 104 valence electrons. The molecular formula is C13H17NO5. The van der Waals surface area contributed by atoms with E-state index in [1.54, 1.807) is 7.11 Å². The number of carboxylic acids is 1. The normalized spacial score (nSPS) is 16.7. The van der Waals surface area contributed by atoms with Crippen LogP contribution in [-0.4, -0.2) is 36.2 Å². The number of hydrogen-bond donors (Lipinski definition) is 2. The summed E-state index contributed by atoms with van der Waals surface area (Å²) in [6.07, 6.45) is 4.17. The van der Waals surface area contributed by atoms with E-state index in [0.29, 0.717) is 6.54 Å². The van der Waals surface area contributed by atoms with E-state index in [2.05, 4.69) is 5.32 Å². The second-order valence-electron chi connectivity index (χ2n) is 4.76. The van der Waals surface area contributed by atoms with Crippen molar-refractivity contribution in [2.24, 2.45) is 0 Å². The van der Waals surface area contributed by atoms with Gasteiger partial charge in [-0.1, -0.05) is 0 Å². The number of furan rings is 1. The van der Waals surface area contributed by atoms with Crippen molar-refractivity contribution >= 4 is 11.9 Å². The highest BCUT2D eigenvalue weighted by atomic mass is 16.5. The highest BCUT2D eigenvalue weighted by Gasteiger charge is 2.37. The van der Waals surface area contributed by atoms with E-state index in [9.17, 15) is 9.59 Å². The molecule has 1 aromatic rings. The van der Waals surface area contributed by atoms with Gasteiger partial charge in [-0.3, -0.25) is 4.79 Å². The fourth-order valence-electron chi connectivity index (χ4n) is 2.16. The predicted octanol–water partition coefficient (Wildman–Crippen LogP) is 1.21. The van der Waals surface area contributed by atoms with Crippen LogP contribution in [0, 0.1) is 0 Å². The van der Waals surface area contributed by atoms with Gasteiger partial charge in [-0.05, 0) is 25.3 Å². The zero-order valence-corrected chi connectivity index (χ0v) is 10.8. The molecule has 0 aromatic carbocycles. The Labute approximate surface area is 110 Å². The van der Waals surface area contributed by atoms with Crippen LogP contribution in [0.2, 0.25) is 0 Å². The van der Waals surface area contributed by atoms with Crippen molar-refractivity contribution in [1.82, 2.24) is 5.32 Å². The quantitative estimate of drug-likeness (QED) is 0.808. The highest BCUT2D eigenvalue weighted by Crippen LogP contribution is 2.34. The molecule has 1 aliphatic carbocycles. The van der Waals surface area contributed by atoms with Crippen LogP contribution in [-0.2, 0) is 16.0 Å². The van der Waals surface area contributed by atoms with Crippen molar-refractivity contribution in [3.8, 4) is 0 Å². The third kappa shape index (κ3) is 2.96. The average molecular weight is 267 g/mol. The number of carbonyl (C=O) groups is 2. The lowest BCUT2D eigenvalue weighted by Gasteiger charge is -2.40. The summed E-state index contributed by atoms with van der Waals surface area (Å²) in [6, 6.07) is 1.34. The molecule has 1 amide bonds. The first kappa shape index (κ1) is 13.6. The maximum atomic E-state index is 11.8. The van der Waals surface area contributed by atoms with E-state index in [1.807, 2.05) is 0 Å². The van der Waals surface area contributed by atoms with E-state index >= 15 is 0 Å². The zero-order chi connectivity index (χ0) is 13.9. The minimum absolute atomic E-state index is 0.0280. The Kier molecular flexibility index (Phi) is 3.90. The van der Waals surface area contributed by atoms with Crippen LogP contribution < -0.4 is 5.32 Å². The Bertz CT molecular complexity index is 470. The number of ether oxygens (including phenoxy) is 1. The Morgan fingerprint density at radius 3 is 2.79 bits per heavy atom. The molecule has 0 atom stereocenters. The van der Waals surface area contributed by atoms with E-state index in [-0.39, 0.29) is 29.3 Å². The molecule has 1 saturated carbocycles. The molecule has 1 heterocycles. The van der Waals surface area contributed by atoms with Crippen molar-refractivity contribution < 1.29 is 23.8 Å². The molecular weight excluding hydrogens is 250 g/mol. The van der Waals surface area contributed by atoms with Crippen LogP contribution in [0.25, 0.3) is 0 Å². The molecule has 1 aromatic heterocycles. The maximum absolute atomic E-state index is 11.8.